The number of hydroxylamine groups is 2. The van der Waals surface area contributed by atoms with Crippen LogP contribution in [0.25, 0.3) is 0 Å². The zero-order valence-corrected chi connectivity index (χ0v) is 24.1. The molecule has 3 aliphatic rings. The van der Waals surface area contributed by atoms with Crippen LogP contribution in [0.4, 0.5) is 9.18 Å². The van der Waals surface area contributed by atoms with Crippen LogP contribution >= 0.6 is 0 Å². The molecule has 41 heavy (non-hydrogen) atoms. The molecule has 2 aliphatic heterocycles. The van der Waals surface area contributed by atoms with Crippen LogP contribution in [0.3, 0.4) is 0 Å². The molecule has 7 nitrogen and oxygen atoms in total. The van der Waals surface area contributed by atoms with E-state index in [0.717, 1.165) is 49.7 Å². The second-order valence-electron chi connectivity index (χ2n) is 11.8. The van der Waals surface area contributed by atoms with Crippen LogP contribution in [-0.2, 0) is 21.8 Å². The number of carbonyl (C=O) groups excluding carboxylic acids is 2. The number of urea groups is 1. The zero-order valence-electron chi connectivity index (χ0n) is 24.1. The Morgan fingerprint density at radius 3 is 2.41 bits per heavy atom. The number of benzene rings is 2. The van der Waals surface area contributed by atoms with E-state index >= 15 is 0 Å². The van der Waals surface area contributed by atoms with Crippen molar-refractivity contribution in [2.24, 2.45) is 11.8 Å². The van der Waals surface area contributed by atoms with Gasteiger partial charge in [0.05, 0.1) is 6.54 Å². The van der Waals surface area contributed by atoms with Crippen LogP contribution in [0.2, 0.25) is 0 Å². The normalized spacial score (nSPS) is 24.0. The molecule has 1 saturated carbocycles. The van der Waals surface area contributed by atoms with Gasteiger partial charge in [-0.05, 0) is 48.9 Å². The van der Waals surface area contributed by atoms with E-state index in [2.05, 4.69) is 31.0 Å². The molecule has 0 unspecified atom stereocenters. The monoisotopic (exact) mass is 562 g/mol. The van der Waals surface area contributed by atoms with Crippen molar-refractivity contribution in [2.45, 2.75) is 63.6 Å². The van der Waals surface area contributed by atoms with Gasteiger partial charge in [-0.3, -0.25) is 9.63 Å². The molecule has 0 radical (unpaired) electrons. The third-order valence-corrected chi connectivity index (χ3v) is 9.09. The number of halogens is 1. The summed E-state index contributed by atoms with van der Waals surface area (Å²) in [4.78, 5) is 37.3. The minimum absolute atomic E-state index is 0.0511. The van der Waals surface area contributed by atoms with Gasteiger partial charge in [0.25, 0.3) is 0 Å². The summed E-state index contributed by atoms with van der Waals surface area (Å²) in [5.74, 6) is 0.273. The molecule has 2 aromatic rings. The highest BCUT2D eigenvalue weighted by molar-refractivity contribution is 5.79. The van der Waals surface area contributed by atoms with E-state index in [-0.39, 0.29) is 35.6 Å². The summed E-state index contributed by atoms with van der Waals surface area (Å²) in [6.45, 7) is 9.45. The van der Waals surface area contributed by atoms with Crippen LogP contribution < -0.4 is 5.32 Å². The highest BCUT2D eigenvalue weighted by Crippen LogP contribution is 2.43. The van der Waals surface area contributed by atoms with Crippen molar-refractivity contribution in [1.29, 1.82) is 0 Å². The number of hydrogen-bond donors (Lipinski definition) is 1. The van der Waals surface area contributed by atoms with E-state index < -0.39 is 5.60 Å². The van der Waals surface area contributed by atoms with Crippen LogP contribution in [-0.4, -0.2) is 65.6 Å². The van der Waals surface area contributed by atoms with Crippen LogP contribution in [0.1, 0.15) is 56.6 Å². The molecule has 0 aromatic heterocycles. The van der Waals surface area contributed by atoms with Gasteiger partial charge in [-0.1, -0.05) is 68.3 Å². The molecule has 2 aromatic carbocycles. The molecule has 2 heterocycles. The van der Waals surface area contributed by atoms with Gasteiger partial charge in [-0.2, -0.15) is 5.06 Å². The third kappa shape index (κ3) is 6.65. The number of likely N-dealkylation sites (tertiary alicyclic amines) is 1. The van der Waals surface area contributed by atoms with E-state index in [1.54, 1.807) is 18.2 Å². The fourth-order valence-corrected chi connectivity index (χ4v) is 6.74. The van der Waals surface area contributed by atoms with Gasteiger partial charge in [0, 0.05) is 50.6 Å². The third-order valence-electron chi connectivity index (χ3n) is 9.09. The fourth-order valence-electron chi connectivity index (χ4n) is 6.74. The molecule has 0 spiro atoms. The Hall–Kier alpha value is -3.23. The number of piperidine rings is 1. The molecule has 5 rings (SSSR count). The Morgan fingerprint density at radius 2 is 1.76 bits per heavy atom. The Balaban J connectivity index is 1.23. The Labute approximate surface area is 243 Å². The first-order valence-corrected chi connectivity index (χ1v) is 15.1. The van der Waals surface area contributed by atoms with Gasteiger partial charge in [0.2, 0.25) is 5.91 Å². The number of nitrogens with zero attached hydrogens (tertiary/aromatic N) is 3. The Morgan fingerprint density at radius 1 is 1.07 bits per heavy atom. The smallest absolute Gasteiger partial charge is 0.318 e. The van der Waals surface area contributed by atoms with Crippen molar-refractivity contribution in [3.8, 4) is 0 Å². The molecule has 3 fully saturated rings. The maximum absolute atomic E-state index is 13.4. The molecule has 220 valence electrons. The van der Waals surface area contributed by atoms with Gasteiger partial charge in [0.1, 0.15) is 11.4 Å². The van der Waals surface area contributed by atoms with Gasteiger partial charge >= 0.3 is 6.03 Å². The fraction of sp³-hybridized carbons (Fsp3) is 0.515. The van der Waals surface area contributed by atoms with Gasteiger partial charge in [-0.25, -0.2) is 9.18 Å². The predicted octanol–water partition coefficient (Wildman–Crippen LogP) is 5.48. The average molecular weight is 563 g/mol. The molecule has 1 aliphatic carbocycles. The van der Waals surface area contributed by atoms with Crippen molar-refractivity contribution in [3.63, 3.8) is 0 Å². The van der Waals surface area contributed by atoms with Crippen LogP contribution in [0.5, 0.6) is 0 Å². The summed E-state index contributed by atoms with van der Waals surface area (Å²) in [5.41, 5.74) is 1.35. The lowest BCUT2D eigenvalue weighted by molar-refractivity contribution is -0.268. The molecule has 1 N–H and O–H groups in total. The average Bonchev–Trinajstić information content (AvgIpc) is 3.65. The lowest BCUT2D eigenvalue weighted by atomic mass is 9.85. The molecule has 2 atom stereocenters. The number of rotatable bonds is 9. The highest BCUT2D eigenvalue weighted by atomic mass is 19.1. The van der Waals surface area contributed by atoms with Crippen LogP contribution in [0.15, 0.2) is 67.3 Å². The topological polar surface area (TPSA) is 65.1 Å². The van der Waals surface area contributed by atoms with E-state index in [4.69, 9.17) is 4.84 Å². The summed E-state index contributed by atoms with van der Waals surface area (Å²) in [7, 11) is 0. The number of carbonyl (C=O) groups is 2. The predicted molar refractivity (Wildman–Crippen MR) is 157 cm³/mol. The largest absolute Gasteiger partial charge is 0.339 e. The van der Waals surface area contributed by atoms with E-state index in [1.165, 1.54) is 12.1 Å². The summed E-state index contributed by atoms with van der Waals surface area (Å²) >= 11 is 0. The molecule has 8 heteroatoms. The minimum atomic E-state index is -0.601. The second kappa shape index (κ2) is 13.2. The summed E-state index contributed by atoms with van der Waals surface area (Å²) in [6.07, 6.45) is 7.55. The highest BCUT2D eigenvalue weighted by Gasteiger charge is 2.51. The molecular formula is C33H43FN4O3. The maximum Gasteiger partial charge on any atom is 0.318 e. The zero-order chi connectivity index (χ0) is 28.8. The first kappa shape index (κ1) is 29.3. The Bertz CT molecular complexity index is 1180. The van der Waals surface area contributed by atoms with Crippen molar-refractivity contribution < 1.29 is 18.8 Å². The summed E-state index contributed by atoms with van der Waals surface area (Å²) in [6, 6.07) is 16.4. The van der Waals surface area contributed by atoms with E-state index in [9.17, 15) is 14.0 Å². The quantitative estimate of drug-likeness (QED) is 0.411. The first-order chi connectivity index (χ1) is 19.9. The number of nitrogens with one attached hydrogen (secondary N) is 1. The van der Waals surface area contributed by atoms with Crippen molar-refractivity contribution in [2.75, 3.05) is 32.7 Å². The number of amides is 3. The standard InChI is InChI=1S/C33H43FN4O3/c1-3-19-38(32(40)35-22-26-13-15-29(34)16-14-26)30-17-20-37(21-18-30)41-33(28-11-5-4-6-12-28)24-36(23-25(33)2)31(39)27-9-7-8-10-27/h3-6,11-16,25,27,30H,1,7-10,17-24H2,2H3,(H,35,40)/t25-,33+/m0/s1. The van der Waals surface area contributed by atoms with Crippen molar-refractivity contribution in [1.82, 2.24) is 20.2 Å². The van der Waals surface area contributed by atoms with Crippen molar-refractivity contribution in [3.05, 3.63) is 84.2 Å². The maximum atomic E-state index is 13.4. The number of hydrogen-bond acceptors (Lipinski definition) is 4. The molecule has 0 bridgehead atoms. The van der Waals surface area contributed by atoms with Crippen LogP contribution in [0, 0.1) is 17.7 Å². The van der Waals surface area contributed by atoms with Gasteiger partial charge in [0.15, 0.2) is 0 Å². The molecule has 3 amide bonds. The first-order valence-electron chi connectivity index (χ1n) is 15.1. The molecule has 2 saturated heterocycles. The van der Waals surface area contributed by atoms with Gasteiger partial charge in [-0.15, -0.1) is 6.58 Å². The summed E-state index contributed by atoms with van der Waals surface area (Å²) < 4.78 is 13.2. The Kier molecular flexibility index (Phi) is 9.40. The van der Waals surface area contributed by atoms with Crippen molar-refractivity contribution >= 4 is 11.9 Å². The lowest BCUT2D eigenvalue weighted by Gasteiger charge is -2.42. The SMILES string of the molecule is C=CCN(C(=O)NCc1ccc(F)cc1)C1CCN(O[C@]2(c3ccccc3)CN(C(=O)C3CCCC3)C[C@@H]2C)CC1. The van der Waals surface area contributed by atoms with E-state index in [1.807, 2.05) is 33.1 Å². The van der Waals surface area contributed by atoms with E-state index in [0.29, 0.717) is 39.3 Å². The summed E-state index contributed by atoms with van der Waals surface area (Å²) in [5, 5.41) is 5.02. The lowest BCUT2D eigenvalue weighted by Crippen LogP contribution is -2.52. The molecular weight excluding hydrogens is 519 g/mol. The second-order valence-corrected chi connectivity index (χ2v) is 11.8. The minimum Gasteiger partial charge on any atom is -0.339 e. The van der Waals surface area contributed by atoms with Gasteiger partial charge < -0.3 is 15.1 Å².